The van der Waals surface area contributed by atoms with Crippen LogP contribution in [0, 0.1) is 0 Å². The van der Waals surface area contributed by atoms with Crippen molar-refractivity contribution in [3.05, 3.63) is 24.5 Å². The molecular weight excluding hydrogens is 219 g/mol. The van der Waals surface area contributed by atoms with Gasteiger partial charge in [-0.25, -0.2) is 0 Å². The fourth-order valence-corrected chi connectivity index (χ4v) is 0.253. The molecule has 0 saturated heterocycles. The Hall–Kier alpha value is 0.110. The van der Waals surface area contributed by atoms with Crippen LogP contribution in [0.25, 0.3) is 0 Å². The number of halogens is 1. The van der Waals surface area contributed by atoms with Gasteiger partial charge in [-0.15, -0.1) is 0 Å². The predicted molar refractivity (Wildman–Crippen MR) is 22.0 cm³/mol. The zero-order valence-corrected chi connectivity index (χ0v) is 6.12. The molecule has 0 unspecified atom stereocenters. The zero-order chi connectivity index (χ0) is 4.24. The number of hydrogen-bond acceptors (Lipinski definition) is 2. The first-order valence-electron chi connectivity index (χ1n) is 1.72. The molecule has 0 spiro atoms. The molecule has 0 aliphatic carbocycles. The van der Waals surface area contributed by atoms with Crippen molar-refractivity contribution >= 4 is 0 Å². The molecule has 1 aromatic rings. The van der Waals surface area contributed by atoms with Crippen LogP contribution in [0.4, 0.5) is 0 Å². The number of hydrogen-bond donors (Lipinski definition) is 0. The Morgan fingerprint density at radius 1 is 0.875 bits per heavy atom. The maximum atomic E-state index is 3.53. The molecule has 8 heavy (non-hydrogen) atoms. The first kappa shape index (κ1) is 11.0. The van der Waals surface area contributed by atoms with Crippen LogP contribution in [0.1, 0.15) is 0 Å². The van der Waals surface area contributed by atoms with Gasteiger partial charge >= 0.3 is 22.4 Å². The van der Waals surface area contributed by atoms with Crippen LogP contribution < -0.4 is 12.4 Å². The predicted octanol–water partition coefficient (Wildman–Crippen LogP) is -2.52. The topological polar surface area (TPSA) is 25.8 Å². The molecule has 2 nitrogen and oxygen atoms in total. The summed E-state index contributed by atoms with van der Waals surface area (Å²) in [5, 5.41) is 7.07. The normalized spacial score (nSPS) is 6.00. The molecule has 1 heterocycles. The van der Waals surface area contributed by atoms with Gasteiger partial charge in [0.2, 0.25) is 0 Å². The van der Waals surface area contributed by atoms with E-state index in [4.69, 9.17) is 0 Å². The minimum Gasteiger partial charge on any atom is -1.00 e. The van der Waals surface area contributed by atoms with E-state index < -0.39 is 0 Å². The van der Waals surface area contributed by atoms with Crippen LogP contribution in [0.2, 0.25) is 0 Å². The molecule has 0 N–H and O–H groups in total. The van der Waals surface area contributed by atoms with Crippen LogP contribution in [-0.4, -0.2) is 10.2 Å². The van der Waals surface area contributed by atoms with E-state index in [2.05, 4.69) is 10.2 Å². The quantitative estimate of drug-likeness (QED) is 0.454. The molecule has 1 rings (SSSR count). The van der Waals surface area contributed by atoms with Gasteiger partial charge in [0, 0.05) is 12.4 Å². The average molecular weight is 223 g/mol. The fourth-order valence-electron chi connectivity index (χ4n) is 0.253. The Morgan fingerprint density at radius 3 is 1.38 bits per heavy atom. The largest absolute Gasteiger partial charge is 1.00 e. The van der Waals surface area contributed by atoms with E-state index in [1.807, 2.05) is 12.1 Å². The third-order valence-corrected chi connectivity index (χ3v) is 0.483. The molecule has 0 atom stereocenters. The molecule has 0 aromatic carbocycles. The van der Waals surface area contributed by atoms with Crippen molar-refractivity contribution in [3.63, 3.8) is 0 Å². The third-order valence-electron chi connectivity index (χ3n) is 0.483. The average Bonchev–Trinajstić information content (AvgIpc) is 1.72. The summed E-state index contributed by atoms with van der Waals surface area (Å²) in [4.78, 5) is 0. The van der Waals surface area contributed by atoms with E-state index in [9.17, 15) is 0 Å². The van der Waals surface area contributed by atoms with E-state index in [0.717, 1.165) is 0 Å². The number of aromatic nitrogens is 2. The van der Waals surface area contributed by atoms with Gasteiger partial charge in [-0.05, 0) is 12.1 Å². The zero-order valence-electron chi connectivity index (χ0n) is 3.88. The third kappa shape index (κ3) is 4.27. The van der Waals surface area contributed by atoms with E-state index in [-0.39, 0.29) is 34.8 Å². The molecule has 0 aliphatic heterocycles. The minimum atomic E-state index is 0. The minimum absolute atomic E-state index is 0. The van der Waals surface area contributed by atoms with Gasteiger partial charge in [0.25, 0.3) is 0 Å². The Balaban J connectivity index is 0. The molecule has 4 heteroatoms. The summed E-state index contributed by atoms with van der Waals surface area (Å²) in [6, 6.07) is 3.65. The first-order valence-corrected chi connectivity index (χ1v) is 1.72. The van der Waals surface area contributed by atoms with E-state index in [1.165, 1.54) is 0 Å². The smallest absolute Gasteiger partial charge is 1.00 e. The fraction of sp³-hybridized carbons (Fsp3) is 0. The maximum Gasteiger partial charge on any atom is 1.00 e. The second-order valence-corrected chi connectivity index (χ2v) is 0.914. The van der Waals surface area contributed by atoms with E-state index in [1.54, 1.807) is 12.4 Å². The first-order chi connectivity index (χ1) is 3.00. The van der Waals surface area contributed by atoms with Crippen LogP contribution >= 0.6 is 0 Å². The second kappa shape index (κ2) is 7.11. The summed E-state index contributed by atoms with van der Waals surface area (Å²) in [5.41, 5.74) is 0. The van der Waals surface area contributed by atoms with Gasteiger partial charge in [0.1, 0.15) is 0 Å². The van der Waals surface area contributed by atoms with E-state index >= 15 is 0 Å². The molecule has 0 bridgehead atoms. The number of nitrogens with zero attached hydrogens (tertiary/aromatic N) is 2. The summed E-state index contributed by atoms with van der Waals surface area (Å²) in [7, 11) is 0. The molecule has 0 fully saturated rings. The van der Waals surface area contributed by atoms with Crippen molar-refractivity contribution < 1.29 is 34.8 Å². The summed E-state index contributed by atoms with van der Waals surface area (Å²) >= 11 is 0. The molecule has 48 valence electrons. The van der Waals surface area contributed by atoms with Crippen LogP contribution in [0.3, 0.4) is 0 Å². The number of rotatable bonds is 0. The van der Waals surface area contributed by atoms with Crippen LogP contribution in [0.15, 0.2) is 24.5 Å². The van der Waals surface area contributed by atoms with Gasteiger partial charge in [-0.3, -0.25) is 0 Å². The summed E-state index contributed by atoms with van der Waals surface area (Å²) in [6.07, 6.45) is 3.28. The monoisotopic (exact) mass is 222 g/mol. The van der Waals surface area contributed by atoms with Gasteiger partial charge < -0.3 is 12.4 Å². The Kier molecular flexibility index (Phi) is 9.76. The second-order valence-electron chi connectivity index (χ2n) is 0.914. The van der Waals surface area contributed by atoms with Crippen molar-refractivity contribution in [2.45, 2.75) is 0 Å². The van der Waals surface area contributed by atoms with Gasteiger partial charge in [-0.1, -0.05) is 0 Å². The Morgan fingerprint density at radius 2 is 1.25 bits per heavy atom. The van der Waals surface area contributed by atoms with Crippen molar-refractivity contribution in [1.82, 2.24) is 10.2 Å². The van der Waals surface area contributed by atoms with Gasteiger partial charge in [-0.2, -0.15) is 10.2 Å². The Labute approximate surface area is 69.6 Å². The van der Waals surface area contributed by atoms with Crippen molar-refractivity contribution in [2.24, 2.45) is 0 Å². The summed E-state index contributed by atoms with van der Waals surface area (Å²) in [5.74, 6) is 0. The SMILES string of the molecule is [Ag+].[Cl-].c1ccnnc1. The maximum absolute atomic E-state index is 3.53. The molecule has 1 aromatic heterocycles. The van der Waals surface area contributed by atoms with Gasteiger partial charge in [0.05, 0.1) is 0 Å². The Bertz CT molecular complexity index is 86.0. The van der Waals surface area contributed by atoms with Crippen LogP contribution in [-0.2, 0) is 22.4 Å². The summed E-state index contributed by atoms with van der Waals surface area (Å²) in [6.45, 7) is 0. The van der Waals surface area contributed by atoms with Crippen molar-refractivity contribution in [3.8, 4) is 0 Å². The molecule has 0 amide bonds. The van der Waals surface area contributed by atoms with Gasteiger partial charge in [0.15, 0.2) is 0 Å². The standard InChI is InChI=1S/C4H4N2.Ag.ClH/c1-2-4-6-5-3-1;;/h1-4H;;1H/q;+1;/p-1. The van der Waals surface area contributed by atoms with E-state index in [0.29, 0.717) is 0 Å². The van der Waals surface area contributed by atoms with Crippen molar-refractivity contribution in [1.29, 1.82) is 0 Å². The van der Waals surface area contributed by atoms with Crippen molar-refractivity contribution in [2.75, 3.05) is 0 Å². The molecule has 0 saturated carbocycles. The summed E-state index contributed by atoms with van der Waals surface area (Å²) < 4.78 is 0. The van der Waals surface area contributed by atoms with Crippen LogP contribution in [0.5, 0.6) is 0 Å². The molecular formula is C4H4AgClN2. The molecule has 0 aliphatic rings. The molecule has 0 radical (unpaired) electrons.